The van der Waals surface area contributed by atoms with E-state index in [4.69, 9.17) is 4.74 Å². The molecule has 2 heterocycles. The Labute approximate surface area is 211 Å². The molecule has 2 atom stereocenters. The Kier molecular flexibility index (Phi) is 8.71. The number of piperidine rings is 1. The van der Waals surface area contributed by atoms with Crippen molar-refractivity contribution in [3.63, 3.8) is 0 Å². The van der Waals surface area contributed by atoms with Crippen LogP contribution in [0.3, 0.4) is 0 Å². The highest BCUT2D eigenvalue weighted by molar-refractivity contribution is 5.78. The molecular formula is C28H33FN4O3. The first kappa shape index (κ1) is 25.4. The zero-order valence-corrected chi connectivity index (χ0v) is 20.6. The number of H-pyrrole nitrogens is 1. The molecule has 7 nitrogen and oxygen atoms in total. The Hall–Kier alpha value is -3.68. The first-order valence-corrected chi connectivity index (χ1v) is 12.4. The van der Waals surface area contributed by atoms with Gasteiger partial charge in [0, 0.05) is 58.1 Å². The van der Waals surface area contributed by atoms with E-state index in [0.29, 0.717) is 38.2 Å². The van der Waals surface area contributed by atoms with E-state index in [0.717, 1.165) is 24.0 Å². The zero-order chi connectivity index (χ0) is 25.3. The predicted octanol–water partition coefficient (Wildman–Crippen LogP) is 4.22. The molecular weight excluding hydrogens is 459 g/mol. The van der Waals surface area contributed by atoms with Crippen LogP contribution in [-0.2, 0) is 22.6 Å². The molecule has 0 unspecified atom stereocenters. The van der Waals surface area contributed by atoms with Gasteiger partial charge in [-0.25, -0.2) is 4.39 Å². The minimum atomic E-state index is -0.326. The molecule has 36 heavy (non-hydrogen) atoms. The summed E-state index contributed by atoms with van der Waals surface area (Å²) in [5.74, 6) is 0.177. The average molecular weight is 493 g/mol. The SMILES string of the molecule is CN(Cc1ccccc1)C(=O)C[C@H]1CN(C(=O)CCCc2cn[nH]c2)CC[C@@H]1Oc1ccc(F)cc1. The molecule has 2 aromatic carbocycles. The molecule has 8 heteroatoms. The molecule has 1 aliphatic rings. The first-order chi connectivity index (χ1) is 17.5. The highest BCUT2D eigenvalue weighted by Crippen LogP contribution is 2.27. The molecule has 1 saturated heterocycles. The second-order valence-electron chi connectivity index (χ2n) is 9.40. The minimum Gasteiger partial charge on any atom is -0.490 e. The summed E-state index contributed by atoms with van der Waals surface area (Å²) < 4.78 is 19.6. The largest absolute Gasteiger partial charge is 0.490 e. The van der Waals surface area contributed by atoms with Crippen LogP contribution in [0.5, 0.6) is 5.75 Å². The Morgan fingerprint density at radius 2 is 1.92 bits per heavy atom. The molecule has 4 rings (SSSR count). The van der Waals surface area contributed by atoms with Crippen LogP contribution < -0.4 is 4.74 Å². The predicted molar refractivity (Wildman–Crippen MR) is 135 cm³/mol. The van der Waals surface area contributed by atoms with Gasteiger partial charge in [-0.2, -0.15) is 5.10 Å². The zero-order valence-electron chi connectivity index (χ0n) is 20.6. The number of amides is 2. The van der Waals surface area contributed by atoms with Gasteiger partial charge in [0.25, 0.3) is 0 Å². The molecule has 0 saturated carbocycles. The molecule has 1 fully saturated rings. The van der Waals surface area contributed by atoms with Crippen molar-refractivity contribution in [2.24, 2.45) is 5.92 Å². The quantitative estimate of drug-likeness (QED) is 0.460. The Morgan fingerprint density at radius 3 is 2.64 bits per heavy atom. The maximum absolute atomic E-state index is 13.4. The molecule has 1 aliphatic heterocycles. The van der Waals surface area contributed by atoms with E-state index in [1.807, 2.05) is 41.4 Å². The van der Waals surface area contributed by atoms with E-state index in [1.54, 1.807) is 30.3 Å². The Morgan fingerprint density at radius 1 is 1.14 bits per heavy atom. The monoisotopic (exact) mass is 492 g/mol. The second-order valence-corrected chi connectivity index (χ2v) is 9.40. The van der Waals surface area contributed by atoms with Crippen molar-refractivity contribution in [1.29, 1.82) is 0 Å². The highest BCUT2D eigenvalue weighted by Gasteiger charge is 2.35. The smallest absolute Gasteiger partial charge is 0.223 e. The summed E-state index contributed by atoms with van der Waals surface area (Å²) in [6.07, 6.45) is 6.25. The summed E-state index contributed by atoms with van der Waals surface area (Å²) in [5.41, 5.74) is 2.14. The fraction of sp³-hybridized carbons (Fsp3) is 0.393. The number of benzene rings is 2. The van der Waals surface area contributed by atoms with Gasteiger partial charge in [-0.15, -0.1) is 0 Å². The second kappa shape index (κ2) is 12.3. The number of aromatic amines is 1. The van der Waals surface area contributed by atoms with Crippen molar-refractivity contribution in [3.05, 3.63) is 83.9 Å². The molecule has 1 N–H and O–H groups in total. The summed E-state index contributed by atoms with van der Waals surface area (Å²) in [7, 11) is 1.80. The van der Waals surface area contributed by atoms with Crippen LogP contribution in [0, 0.1) is 11.7 Å². The van der Waals surface area contributed by atoms with Crippen molar-refractivity contribution < 1.29 is 18.7 Å². The van der Waals surface area contributed by atoms with Gasteiger partial charge in [0.15, 0.2) is 0 Å². The lowest BCUT2D eigenvalue weighted by Crippen LogP contribution is -2.49. The number of carbonyl (C=O) groups is 2. The summed E-state index contributed by atoms with van der Waals surface area (Å²) in [6.45, 7) is 1.55. The van der Waals surface area contributed by atoms with Crippen LogP contribution in [0.15, 0.2) is 67.0 Å². The van der Waals surface area contributed by atoms with Crippen molar-refractivity contribution in [2.75, 3.05) is 20.1 Å². The Bertz CT molecular complexity index is 1110. The standard InChI is InChI=1S/C28H33FN4O3/c1-32(19-21-6-3-2-4-7-21)28(35)16-23-20-33(27(34)9-5-8-22-17-30-31-18-22)15-14-26(23)36-25-12-10-24(29)11-13-25/h2-4,6-7,10-13,17-18,23,26H,5,8-9,14-16,19-20H2,1H3,(H,30,31)/t23-,26-/m0/s1. The van der Waals surface area contributed by atoms with E-state index >= 15 is 0 Å². The van der Waals surface area contributed by atoms with Crippen LogP contribution in [-0.4, -0.2) is 58.1 Å². The number of aryl methyl sites for hydroxylation is 1. The van der Waals surface area contributed by atoms with Crippen molar-refractivity contribution >= 4 is 11.8 Å². The van der Waals surface area contributed by atoms with Gasteiger partial charge in [-0.1, -0.05) is 30.3 Å². The number of ether oxygens (including phenoxy) is 1. The number of hydrogen-bond donors (Lipinski definition) is 1. The van der Waals surface area contributed by atoms with Gasteiger partial charge in [-0.3, -0.25) is 14.7 Å². The third kappa shape index (κ3) is 7.16. The maximum Gasteiger partial charge on any atom is 0.223 e. The van der Waals surface area contributed by atoms with E-state index in [-0.39, 0.29) is 36.1 Å². The van der Waals surface area contributed by atoms with Crippen molar-refractivity contribution in [3.8, 4) is 5.75 Å². The van der Waals surface area contributed by atoms with Crippen LogP contribution in [0.2, 0.25) is 0 Å². The lowest BCUT2D eigenvalue weighted by atomic mass is 9.90. The number of nitrogens with zero attached hydrogens (tertiary/aromatic N) is 3. The topological polar surface area (TPSA) is 78.5 Å². The van der Waals surface area contributed by atoms with Crippen molar-refractivity contribution in [1.82, 2.24) is 20.0 Å². The fourth-order valence-corrected chi connectivity index (χ4v) is 4.62. The van der Waals surface area contributed by atoms with Gasteiger partial charge in [-0.05, 0) is 48.2 Å². The number of rotatable bonds is 10. The van der Waals surface area contributed by atoms with Crippen molar-refractivity contribution in [2.45, 2.75) is 44.8 Å². The fourth-order valence-electron chi connectivity index (χ4n) is 4.62. The van der Waals surface area contributed by atoms with Crippen LogP contribution in [0.25, 0.3) is 0 Å². The number of aromatic nitrogens is 2. The van der Waals surface area contributed by atoms with Gasteiger partial charge < -0.3 is 14.5 Å². The molecule has 0 spiro atoms. The lowest BCUT2D eigenvalue weighted by molar-refractivity contribution is -0.139. The number of likely N-dealkylation sites (tertiary alicyclic amines) is 1. The molecule has 190 valence electrons. The third-order valence-corrected chi connectivity index (χ3v) is 6.65. The average Bonchev–Trinajstić information content (AvgIpc) is 3.40. The van der Waals surface area contributed by atoms with Crippen LogP contribution >= 0.6 is 0 Å². The van der Waals surface area contributed by atoms with Gasteiger partial charge >= 0.3 is 0 Å². The minimum absolute atomic E-state index is 0.00539. The normalized spacial score (nSPS) is 17.6. The van der Waals surface area contributed by atoms with Crippen LogP contribution in [0.4, 0.5) is 4.39 Å². The number of nitrogens with one attached hydrogen (secondary N) is 1. The van der Waals surface area contributed by atoms with E-state index in [1.165, 1.54) is 12.1 Å². The van der Waals surface area contributed by atoms with Gasteiger partial charge in [0.2, 0.25) is 11.8 Å². The number of hydrogen-bond acceptors (Lipinski definition) is 4. The number of carbonyl (C=O) groups excluding carboxylic acids is 2. The maximum atomic E-state index is 13.4. The number of halogens is 1. The lowest BCUT2D eigenvalue weighted by Gasteiger charge is -2.39. The van der Waals surface area contributed by atoms with E-state index in [2.05, 4.69) is 10.2 Å². The molecule has 0 radical (unpaired) electrons. The molecule has 0 aliphatic carbocycles. The van der Waals surface area contributed by atoms with Crippen LogP contribution in [0.1, 0.15) is 36.8 Å². The third-order valence-electron chi connectivity index (χ3n) is 6.65. The molecule has 3 aromatic rings. The molecule has 0 bridgehead atoms. The summed E-state index contributed by atoms with van der Waals surface area (Å²) in [5, 5.41) is 6.74. The summed E-state index contributed by atoms with van der Waals surface area (Å²) in [4.78, 5) is 29.7. The Balaban J connectivity index is 1.38. The first-order valence-electron chi connectivity index (χ1n) is 12.4. The highest BCUT2D eigenvalue weighted by atomic mass is 19.1. The van der Waals surface area contributed by atoms with E-state index in [9.17, 15) is 14.0 Å². The van der Waals surface area contributed by atoms with E-state index < -0.39 is 0 Å². The van der Waals surface area contributed by atoms with Gasteiger partial charge in [0.05, 0.1) is 6.20 Å². The summed E-state index contributed by atoms with van der Waals surface area (Å²) in [6, 6.07) is 15.8. The molecule has 1 aromatic heterocycles. The summed E-state index contributed by atoms with van der Waals surface area (Å²) >= 11 is 0. The molecule has 2 amide bonds. The van der Waals surface area contributed by atoms with Gasteiger partial charge in [0.1, 0.15) is 17.7 Å².